The average molecular weight is 354 g/mol. The van der Waals surface area contributed by atoms with Gasteiger partial charge in [-0.2, -0.15) is 0 Å². The largest absolute Gasteiger partial charge is 0.444 e. The summed E-state index contributed by atoms with van der Waals surface area (Å²) in [6.45, 7) is 11.7. The van der Waals surface area contributed by atoms with Gasteiger partial charge in [-0.05, 0) is 64.3 Å². The summed E-state index contributed by atoms with van der Waals surface area (Å²) in [5.74, 6) is 1.46. The van der Waals surface area contributed by atoms with Crippen molar-refractivity contribution in [3.05, 3.63) is 0 Å². The predicted molar refractivity (Wildman–Crippen MR) is 98.3 cm³/mol. The first-order chi connectivity index (χ1) is 11.6. The van der Waals surface area contributed by atoms with Gasteiger partial charge in [0.1, 0.15) is 11.6 Å². The molecule has 1 saturated heterocycles. The van der Waals surface area contributed by atoms with Crippen LogP contribution in [0.15, 0.2) is 0 Å². The van der Waals surface area contributed by atoms with Gasteiger partial charge in [0, 0.05) is 19.6 Å². The van der Waals surface area contributed by atoms with Crippen molar-refractivity contribution in [3.63, 3.8) is 0 Å². The van der Waals surface area contributed by atoms with Crippen molar-refractivity contribution >= 4 is 12.0 Å². The van der Waals surface area contributed by atoms with Gasteiger partial charge in [0.25, 0.3) is 0 Å². The van der Waals surface area contributed by atoms with E-state index in [2.05, 4.69) is 24.5 Å². The second-order valence-corrected chi connectivity index (χ2v) is 9.01. The maximum atomic E-state index is 13.0. The molecule has 2 fully saturated rings. The number of hydrogen-bond donors (Lipinski definition) is 2. The normalized spacial score (nSPS) is 27.1. The summed E-state index contributed by atoms with van der Waals surface area (Å²) < 4.78 is 5.45. The number of carbonyl (C=O) groups is 2. The Labute approximate surface area is 152 Å². The fourth-order valence-electron chi connectivity index (χ4n) is 3.95. The molecule has 2 amide bonds. The van der Waals surface area contributed by atoms with Crippen LogP contribution in [0.2, 0.25) is 0 Å². The van der Waals surface area contributed by atoms with Crippen molar-refractivity contribution in [2.75, 3.05) is 20.1 Å². The third-order valence-electron chi connectivity index (χ3n) is 5.23. The second-order valence-electron chi connectivity index (χ2n) is 9.01. The van der Waals surface area contributed by atoms with Crippen LogP contribution in [0.1, 0.15) is 53.9 Å². The Bertz CT molecular complexity index is 487. The summed E-state index contributed by atoms with van der Waals surface area (Å²) in [5.41, 5.74) is -0.571. The van der Waals surface area contributed by atoms with Crippen LogP contribution in [0.3, 0.4) is 0 Å². The molecule has 0 aromatic carbocycles. The van der Waals surface area contributed by atoms with Crippen LogP contribution in [0.4, 0.5) is 4.79 Å². The molecular weight excluding hydrogens is 318 g/mol. The SMILES string of the molecule is CC(C)CC(C(=O)N[C@H]1CCC2CNC[C@@H]21)N(C)C(=O)OC(C)(C)C. The molecule has 0 aromatic rings. The standard InChI is InChI=1S/C19H35N3O3/c1-12(2)9-16(22(6)18(24)25-19(3,4)5)17(23)21-15-8-7-13-10-20-11-14(13)15/h12-16,20H,7-11H2,1-6H3,(H,21,23)/t13?,14-,15-,16?/m0/s1. The topological polar surface area (TPSA) is 70.7 Å². The van der Waals surface area contributed by atoms with E-state index in [9.17, 15) is 9.59 Å². The Balaban J connectivity index is 2.02. The Morgan fingerprint density at radius 3 is 2.52 bits per heavy atom. The molecule has 2 N–H and O–H groups in total. The van der Waals surface area contributed by atoms with Gasteiger partial charge in [0.15, 0.2) is 0 Å². The zero-order valence-corrected chi connectivity index (χ0v) is 16.6. The fraction of sp³-hybridized carbons (Fsp3) is 0.895. The molecule has 0 spiro atoms. The minimum absolute atomic E-state index is 0.0559. The van der Waals surface area contributed by atoms with Crippen LogP contribution < -0.4 is 10.6 Å². The highest BCUT2D eigenvalue weighted by molar-refractivity contribution is 5.86. The maximum absolute atomic E-state index is 13.0. The lowest BCUT2D eigenvalue weighted by Crippen LogP contribution is -2.52. The molecular formula is C19H35N3O3. The number of carbonyl (C=O) groups excluding carboxylic acids is 2. The van der Waals surface area contributed by atoms with E-state index in [1.165, 1.54) is 11.3 Å². The van der Waals surface area contributed by atoms with E-state index < -0.39 is 17.7 Å². The highest BCUT2D eigenvalue weighted by Crippen LogP contribution is 2.34. The van der Waals surface area contributed by atoms with Crippen LogP contribution in [-0.2, 0) is 9.53 Å². The number of amides is 2. The molecule has 1 saturated carbocycles. The first kappa shape index (κ1) is 20.0. The molecule has 2 unspecified atom stereocenters. The molecule has 1 aliphatic heterocycles. The van der Waals surface area contributed by atoms with Gasteiger partial charge in [-0.25, -0.2) is 4.79 Å². The number of ether oxygens (including phenoxy) is 1. The summed E-state index contributed by atoms with van der Waals surface area (Å²) in [5, 5.41) is 6.65. The van der Waals surface area contributed by atoms with E-state index in [0.717, 1.165) is 19.5 Å². The van der Waals surface area contributed by atoms with Crippen LogP contribution in [-0.4, -0.2) is 54.7 Å². The molecule has 1 heterocycles. The molecule has 25 heavy (non-hydrogen) atoms. The maximum Gasteiger partial charge on any atom is 0.410 e. The van der Waals surface area contributed by atoms with Gasteiger partial charge in [-0.1, -0.05) is 13.8 Å². The van der Waals surface area contributed by atoms with E-state index in [4.69, 9.17) is 4.74 Å². The quantitative estimate of drug-likeness (QED) is 0.796. The number of fused-ring (bicyclic) bond motifs is 1. The molecule has 6 nitrogen and oxygen atoms in total. The second kappa shape index (κ2) is 7.94. The van der Waals surface area contributed by atoms with Crippen molar-refractivity contribution < 1.29 is 14.3 Å². The molecule has 144 valence electrons. The fourth-order valence-corrected chi connectivity index (χ4v) is 3.95. The Morgan fingerprint density at radius 2 is 1.92 bits per heavy atom. The van der Waals surface area contributed by atoms with Gasteiger partial charge >= 0.3 is 6.09 Å². The highest BCUT2D eigenvalue weighted by Gasteiger charge is 2.41. The first-order valence-corrected chi connectivity index (χ1v) is 9.55. The van der Waals surface area contributed by atoms with Crippen LogP contribution in [0, 0.1) is 17.8 Å². The third kappa shape index (κ3) is 5.33. The number of nitrogens with one attached hydrogen (secondary N) is 2. The van der Waals surface area contributed by atoms with Crippen molar-refractivity contribution in [1.82, 2.24) is 15.5 Å². The Kier molecular flexibility index (Phi) is 6.35. The predicted octanol–water partition coefficient (Wildman–Crippen LogP) is 2.38. The summed E-state index contributed by atoms with van der Waals surface area (Å²) in [4.78, 5) is 26.8. The third-order valence-corrected chi connectivity index (χ3v) is 5.23. The van der Waals surface area contributed by atoms with Crippen LogP contribution >= 0.6 is 0 Å². The lowest BCUT2D eigenvalue weighted by molar-refractivity contribution is -0.127. The Morgan fingerprint density at radius 1 is 1.24 bits per heavy atom. The number of likely N-dealkylation sites (N-methyl/N-ethyl adjacent to an activating group) is 1. The highest BCUT2D eigenvalue weighted by atomic mass is 16.6. The molecule has 0 radical (unpaired) electrons. The van der Waals surface area contributed by atoms with Gasteiger partial charge < -0.3 is 15.4 Å². The van der Waals surface area contributed by atoms with Crippen molar-refractivity contribution in [2.24, 2.45) is 17.8 Å². The van der Waals surface area contributed by atoms with Gasteiger partial charge in [-0.15, -0.1) is 0 Å². The summed E-state index contributed by atoms with van der Waals surface area (Å²) in [6, 6.07) is -0.280. The number of rotatable bonds is 5. The minimum atomic E-state index is -0.571. The van der Waals surface area contributed by atoms with Crippen molar-refractivity contribution in [3.8, 4) is 0 Å². The number of hydrogen-bond acceptors (Lipinski definition) is 4. The minimum Gasteiger partial charge on any atom is -0.444 e. The summed E-state index contributed by atoms with van der Waals surface area (Å²) >= 11 is 0. The molecule has 2 rings (SSSR count). The van der Waals surface area contributed by atoms with Gasteiger partial charge in [0.05, 0.1) is 0 Å². The van der Waals surface area contributed by atoms with Gasteiger partial charge in [0.2, 0.25) is 5.91 Å². The van der Waals surface area contributed by atoms with E-state index in [0.29, 0.717) is 24.2 Å². The lowest BCUT2D eigenvalue weighted by Gasteiger charge is -2.32. The molecule has 0 aromatic heterocycles. The zero-order valence-electron chi connectivity index (χ0n) is 16.6. The average Bonchev–Trinajstić information content (AvgIpc) is 3.07. The van der Waals surface area contributed by atoms with Gasteiger partial charge in [-0.3, -0.25) is 9.69 Å². The van der Waals surface area contributed by atoms with E-state index in [-0.39, 0.29) is 11.9 Å². The molecule has 1 aliphatic carbocycles. The summed E-state index contributed by atoms with van der Waals surface area (Å²) in [6.07, 6.45) is 2.38. The first-order valence-electron chi connectivity index (χ1n) is 9.55. The number of nitrogens with zero attached hydrogens (tertiary/aromatic N) is 1. The van der Waals surface area contributed by atoms with E-state index in [1.807, 2.05) is 20.8 Å². The molecule has 4 atom stereocenters. The zero-order chi connectivity index (χ0) is 18.8. The molecule has 6 heteroatoms. The summed E-state index contributed by atoms with van der Waals surface area (Å²) in [7, 11) is 1.66. The smallest absolute Gasteiger partial charge is 0.410 e. The van der Waals surface area contributed by atoms with E-state index >= 15 is 0 Å². The lowest BCUT2D eigenvalue weighted by atomic mass is 9.96. The van der Waals surface area contributed by atoms with Crippen molar-refractivity contribution in [2.45, 2.75) is 71.6 Å². The van der Waals surface area contributed by atoms with Crippen LogP contribution in [0.25, 0.3) is 0 Å². The van der Waals surface area contributed by atoms with Crippen LogP contribution in [0.5, 0.6) is 0 Å². The molecule has 2 aliphatic rings. The van der Waals surface area contributed by atoms with Crippen molar-refractivity contribution in [1.29, 1.82) is 0 Å². The molecule has 0 bridgehead atoms. The van der Waals surface area contributed by atoms with E-state index in [1.54, 1.807) is 7.05 Å². The monoisotopic (exact) mass is 353 g/mol. The Hall–Kier alpha value is -1.30.